The largest absolute Gasteiger partial charge is 0.466 e. The van der Waals surface area contributed by atoms with Crippen LogP contribution in [0.2, 0.25) is 0 Å². The van der Waals surface area contributed by atoms with Crippen molar-refractivity contribution >= 4 is 11.9 Å². The Morgan fingerprint density at radius 1 is 1.43 bits per heavy atom. The molecule has 1 aliphatic rings. The zero-order valence-corrected chi connectivity index (χ0v) is 13.6. The lowest BCUT2D eigenvalue weighted by atomic mass is 9.98. The van der Waals surface area contributed by atoms with Crippen LogP contribution in [0.15, 0.2) is 11.0 Å². The molecule has 0 aromatic carbocycles. The number of aryl methyl sites for hydroxylation is 1. The molecular weight excluding hydrogens is 298 g/mol. The number of rotatable bonds is 5. The smallest absolute Gasteiger partial charge is 0.307 e. The van der Waals surface area contributed by atoms with Gasteiger partial charge in [-0.1, -0.05) is 0 Å². The van der Waals surface area contributed by atoms with Crippen LogP contribution in [-0.2, 0) is 20.7 Å². The molecule has 1 aromatic heterocycles. The van der Waals surface area contributed by atoms with E-state index in [1.807, 2.05) is 0 Å². The van der Waals surface area contributed by atoms with Gasteiger partial charge in [-0.3, -0.25) is 14.4 Å². The highest BCUT2D eigenvalue weighted by Crippen LogP contribution is 2.21. The third-order valence-corrected chi connectivity index (χ3v) is 4.00. The number of piperidine rings is 1. The average molecular weight is 321 g/mol. The molecule has 1 aliphatic heterocycles. The average Bonchev–Trinajstić information content (AvgIpc) is 2.50. The van der Waals surface area contributed by atoms with Gasteiger partial charge in [-0.2, -0.15) is 0 Å². The molecule has 0 aliphatic carbocycles. The van der Waals surface area contributed by atoms with Crippen molar-refractivity contribution in [1.82, 2.24) is 14.9 Å². The molecule has 1 aromatic rings. The predicted octanol–water partition coefficient (Wildman–Crippen LogP) is 0.955. The molecule has 2 rings (SSSR count). The second-order valence-electron chi connectivity index (χ2n) is 5.75. The number of amides is 1. The van der Waals surface area contributed by atoms with Gasteiger partial charge in [0, 0.05) is 24.3 Å². The molecule has 0 bridgehead atoms. The van der Waals surface area contributed by atoms with E-state index in [0.29, 0.717) is 24.5 Å². The molecule has 7 heteroatoms. The minimum Gasteiger partial charge on any atom is -0.466 e. The van der Waals surface area contributed by atoms with E-state index >= 15 is 0 Å². The SMILES string of the molecule is CCOC(=O)CC1CCCCN1C(=O)Cc1cnc(C)[nH]c1=O. The first-order valence-corrected chi connectivity index (χ1v) is 8.01. The lowest BCUT2D eigenvalue weighted by Crippen LogP contribution is -2.46. The quantitative estimate of drug-likeness (QED) is 0.815. The number of hydrogen-bond donors (Lipinski definition) is 1. The number of nitrogens with one attached hydrogen (secondary N) is 1. The van der Waals surface area contributed by atoms with Crippen LogP contribution in [-0.4, -0.2) is 45.9 Å². The molecule has 0 spiro atoms. The molecular formula is C16H23N3O4. The monoisotopic (exact) mass is 321 g/mol. The zero-order valence-electron chi connectivity index (χ0n) is 13.6. The van der Waals surface area contributed by atoms with E-state index in [1.165, 1.54) is 6.20 Å². The van der Waals surface area contributed by atoms with Crippen LogP contribution in [0.4, 0.5) is 0 Å². The van der Waals surface area contributed by atoms with Crippen molar-refractivity contribution in [1.29, 1.82) is 0 Å². The Morgan fingerprint density at radius 3 is 2.91 bits per heavy atom. The molecule has 1 unspecified atom stereocenters. The van der Waals surface area contributed by atoms with Crippen molar-refractivity contribution in [2.24, 2.45) is 0 Å². The molecule has 1 saturated heterocycles. The Balaban J connectivity index is 2.05. The van der Waals surface area contributed by atoms with Gasteiger partial charge in [-0.15, -0.1) is 0 Å². The number of esters is 1. The maximum atomic E-state index is 12.5. The summed E-state index contributed by atoms with van der Waals surface area (Å²) < 4.78 is 4.98. The van der Waals surface area contributed by atoms with Crippen LogP contribution in [0.3, 0.4) is 0 Å². The van der Waals surface area contributed by atoms with Crippen molar-refractivity contribution in [2.45, 2.75) is 52.0 Å². The van der Waals surface area contributed by atoms with Gasteiger partial charge in [-0.05, 0) is 33.1 Å². The predicted molar refractivity (Wildman–Crippen MR) is 83.9 cm³/mol. The number of carbonyl (C=O) groups is 2. The van der Waals surface area contributed by atoms with Crippen LogP contribution in [0.5, 0.6) is 0 Å². The van der Waals surface area contributed by atoms with E-state index in [-0.39, 0.29) is 36.3 Å². The van der Waals surface area contributed by atoms with Crippen molar-refractivity contribution in [3.05, 3.63) is 27.9 Å². The lowest BCUT2D eigenvalue weighted by molar-refractivity contribution is -0.146. The number of hydrogen-bond acceptors (Lipinski definition) is 5. The van der Waals surface area contributed by atoms with Crippen LogP contribution in [0.1, 0.15) is 44.0 Å². The van der Waals surface area contributed by atoms with Crippen molar-refractivity contribution in [3.8, 4) is 0 Å². The minimum atomic E-state index is -0.287. The van der Waals surface area contributed by atoms with Crippen molar-refractivity contribution in [3.63, 3.8) is 0 Å². The molecule has 23 heavy (non-hydrogen) atoms. The van der Waals surface area contributed by atoms with Gasteiger partial charge in [-0.25, -0.2) is 4.98 Å². The number of H-pyrrole nitrogens is 1. The molecule has 1 atom stereocenters. The first-order valence-electron chi connectivity index (χ1n) is 8.01. The molecule has 126 valence electrons. The minimum absolute atomic E-state index is 0.00192. The maximum Gasteiger partial charge on any atom is 0.307 e. The molecule has 0 saturated carbocycles. The maximum absolute atomic E-state index is 12.5. The van der Waals surface area contributed by atoms with Gasteiger partial charge >= 0.3 is 5.97 Å². The summed E-state index contributed by atoms with van der Waals surface area (Å²) in [6, 6.07) is -0.146. The first kappa shape index (κ1) is 17.2. The summed E-state index contributed by atoms with van der Waals surface area (Å²) in [6.07, 6.45) is 4.33. The number of aromatic nitrogens is 2. The Morgan fingerprint density at radius 2 is 2.22 bits per heavy atom. The summed E-state index contributed by atoms with van der Waals surface area (Å²) >= 11 is 0. The summed E-state index contributed by atoms with van der Waals surface area (Å²) in [4.78, 5) is 44.4. The van der Waals surface area contributed by atoms with Gasteiger partial charge in [0.1, 0.15) is 5.82 Å². The van der Waals surface area contributed by atoms with E-state index in [1.54, 1.807) is 18.7 Å². The molecule has 7 nitrogen and oxygen atoms in total. The number of nitrogens with zero attached hydrogens (tertiary/aromatic N) is 2. The van der Waals surface area contributed by atoms with Gasteiger partial charge < -0.3 is 14.6 Å². The topological polar surface area (TPSA) is 92.4 Å². The fourth-order valence-corrected chi connectivity index (χ4v) is 2.85. The number of likely N-dealkylation sites (tertiary alicyclic amines) is 1. The van der Waals surface area contributed by atoms with Crippen LogP contribution in [0.25, 0.3) is 0 Å². The van der Waals surface area contributed by atoms with Crippen LogP contribution in [0, 0.1) is 6.92 Å². The highest BCUT2D eigenvalue weighted by Gasteiger charge is 2.29. The summed E-state index contributed by atoms with van der Waals surface area (Å²) in [7, 11) is 0. The van der Waals surface area contributed by atoms with E-state index in [9.17, 15) is 14.4 Å². The fraction of sp³-hybridized carbons (Fsp3) is 0.625. The highest BCUT2D eigenvalue weighted by atomic mass is 16.5. The van der Waals surface area contributed by atoms with E-state index < -0.39 is 0 Å². The summed E-state index contributed by atoms with van der Waals surface area (Å²) in [5, 5.41) is 0. The van der Waals surface area contributed by atoms with Gasteiger partial charge in [0.15, 0.2) is 0 Å². The van der Waals surface area contributed by atoms with E-state index in [4.69, 9.17) is 4.74 Å². The summed E-state index contributed by atoms with van der Waals surface area (Å²) in [5.41, 5.74) is 0.0610. The summed E-state index contributed by atoms with van der Waals surface area (Å²) in [6.45, 7) is 4.40. The fourth-order valence-electron chi connectivity index (χ4n) is 2.85. The van der Waals surface area contributed by atoms with Crippen molar-refractivity contribution < 1.29 is 14.3 Å². The Labute approximate surface area is 135 Å². The molecule has 1 fully saturated rings. The third-order valence-electron chi connectivity index (χ3n) is 4.00. The Kier molecular flexibility index (Phi) is 5.90. The second kappa shape index (κ2) is 7.89. The molecule has 0 radical (unpaired) electrons. The second-order valence-corrected chi connectivity index (χ2v) is 5.75. The van der Waals surface area contributed by atoms with Gasteiger partial charge in [0.25, 0.3) is 5.56 Å². The number of ether oxygens (including phenoxy) is 1. The molecule has 2 heterocycles. The molecule has 1 N–H and O–H groups in total. The number of carbonyl (C=O) groups excluding carboxylic acids is 2. The van der Waals surface area contributed by atoms with Gasteiger partial charge in [0.2, 0.25) is 5.91 Å². The standard InChI is InChI=1S/C16H23N3O4/c1-3-23-15(21)9-13-6-4-5-7-19(13)14(20)8-12-10-17-11(2)18-16(12)22/h10,13H,3-9H2,1-2H3,(H,17,18,22). The first-order chi connectivity index (χ1) is 11.0. The van der Waals surface area contributed by atoms with Crippen LogP contribution < -0.4 is 5.56 Å². The summed E-state index contributed by atoms with van der Waals surface area (Å²) in [5.74, 6) is 0.0894. The van der Waals surface area contributed by atoms with E-state index in [0.717, 1.165) is 19.3 Å². The van der Waals surface area contributed by atoms with E-state index in [2.05, 4.69) is 9.97 Å². The molecule has 1 amide bonds. The normalized spacial score (nSPS) is 17.8. The third kappa shape index (κ3) is 4.64. The van der Waals surface area contributed by atoms with Crippen molar-refractivity contribution in [2.75, 3.05) is 13.2 Å². The Hall–Kier alpha value is -2.18. The van der Waals surface area contributed by atoms with Gasteiger partial charge in [0.05, 0.1) is 19.4 Å². The number of aromatic amines is 1. The lowest BCUT2D eigenvalue weighted by Gasteiger charge is -2.35. The Bertz CT molecular complexity index is 626. The van der Waals surface area contributed by atoms with Crippen LogP contribution >= 0.6 is 0 Å². The highest BCUT2D eigenvalue weighted by molar-refractivity contribution is 5.80. The zero-order chi connectivity index (χ0) is 16.8.